The summed E-state index contributed by atoms with van der Waals surface area (Å²) in [6.07, 6.45) is 0. The fraction of sp³-hybridized carbons (Fsp3) is 0. The average Bonchev–Trinajstić information content (AvgIpc) is 1.95. The Kier molecular flexibility index (Phi) is 6.79. The van der Waals surface area contributed by atoms with Gasteiger partial charge in [0.05, 0.1) is 0 Å². The van der Waals surface area contributed by atoms with E-state index in [0.717, 1.165) is 0 Å². The van der Waals surface area contributed by atoms with Crippen LogP contribution in [0.4, 0.5) is 0 Å². The first-order chi connectivity index (χ1) is 4.24. The van der Waals surface area contributed by atoms with Crippen molar-refractivity contribution in [1.29, 1.82) is 21.0 Å². The zero-order valence-electron chi connectivity index (χ0n) is 5.09. The van der Waals surface area contributed by atoms with E-state index in [1.165, 1.54) is 17.1 Å². The summed E-state index contributed by atoms with van der Waals surface area (Å²) < 4.78 is 5.82. The standard InChI is InChI=1S/4CN.Au.Na/c4*1-2;;/q;;;;-1;+1. The van der Waals surface area contributed by atoms with Crippen molar-refractivity contribution in [3.63, 3.8) is 0 Å². The summed E-state index contributed by atoms with van der Waals surface area (Å²) in [6, 6.07) is 0. The maximum Gasteiger partial charge on any atom is 1.00 e. The molecule has 0 bridgehead atoms. The average molecular weight is 324 g/mol. The van der Waals surface area contributed by atoms with Gasteiger partial charge in [-0.2, -0.15) is 0 Å². The molecular weight excluding hydrogens is 324 g/mol. The molecule has 0 fully saturated rings. The smallest absolute Gasteiger partial charge is 1.00 e. The third kappa shape index (κ3) is 2.53. The van der Waals surface area contributed by atoms with E-state index >= 15 is 0 Å². The van der Waals surface area contributed by atoms with Crippen LogP contribution >= 0.6 is 0 Å². The summed E-state index contributed by atoms with van der Waals surface area (Å²) in [5.41, 5.74) is 0. The van der Waals surface area contributed by atoms with Crippen LogP contribution in [0.2, 0.25) is 0 Å². The van der Waals surface area contributed by atoms with Gasteiger partial charge in [0.1, 0.15) is 0 Å². The van der Waals surface area contributed by atoms with Gasteiger partial charge in [-0.25, -0.2) is 0 Å². The quantitative estimate of drug-likeness (QED) is 0.446. The van der Waals surface area contributed by atoms with Gasteiger partial charge < -0.3 is 0 Å². The molecule has 0 amide bonds. The molecule has 0 heterocycles. The molecule has 0 unspecified atom stereocenters. The molecule has 0 rings (SSSR count). The fourth-order valence-electron chi connectivity index (χ4n) is 0.0905. The predicted octanol–water partition coefficient (Wildman–Crippen LogP) is -2.93. The number of nitriles is 4. The largest absolute Gasteiger partial charge is 1.00 e. The Morgan fingerprint density at radius 3 is 0.900 bits per heavy atom. The molecule has 48 valence electrons. The fourth-order valence-corrected chi connectivity index (χ4v) is 0.740. The van der Waals surface area contributed by atoms with Gasteiger partial charge in [0, 0.05) is 0 Å². The maximum absolute atomic E-state index is 8.14. The molecular formula is C4AuN4Na. The third-order valence-corrected chi connectivity index (χ3v) is 3.31. The predicted molar refractivity (Wildman–Crippen MR) is 22.5 cm³/mol. The van der Waals surface area contributed by atoms with Crippen molar-refractivity contribution in [2.24, 2.45) is 0 Å². The number of rotatable bonds is 0. The summed E-state index contributed by atoms with van der Waals surface area (Å²) in [7, 11) is 0. The van der Waals surface area contributed by atoms with E-state index in [-0.39, 0.29) is 29.6 Å². The van der Waals surface area contributed by atoms with Crippen molar-refractivity contribution in [3.05, 3.63) is 0 Å². The van der Waals surface area contributed by atoms with Crippen LogP contribution in [-0.2, 0) is 17.1 Å². The van der Waals surface area contributed by atoms with Crippen LogP contribution in [0, 0.1) is 38.2 Å². The molecule has 10 heavy (non-hydrogen) atoms. The molecule has 0 aliphatic rings. The second-order valence-electron chi connectivity index (χ2n) is 0.722. The van der Waals surface area contributed by atoms with Gasteiger partial charge in [0.25, 0.3) is 0 Å². The number of hydrogen-bond donors (Lipinski definition) is 0. The molecule has 0 atom stereocenters. The Morgan fingerprint density at radius 1 is 0.700 bits per heavy atom. The molecule has 0 aliphatic heterocycles. The van der Waals surface area contributed by atoms with Gasteiger partial charge >= 0.3 is 84.9 Å². The van der Waals surface area contributed by atoms with Gasteiger partial charge in [0.2, 0.25) is 0 Å². The maximum atomic E-state index is 8.14. The Hall–Kier alpha value is -0.300. The number of hydrogen-bond acceptors (Lipinski definition) is 4. The monoisotopic (exact) mass is 324 g/mol. The molecule has 0 aromatic rings. The van der Waals surface area contributed by atoms with Crippen molar-refractivity contribution in [1.82, 2.24) is 0 Å². The summed E-state index contributed by atoms with van der Waals surface area (Å²) >= 11 is -3.81. The van der Waals surface area contributed by atoms with Crippen molar-refractivity contribution in [3.8, 4) is 17.1 Å². The molecule has 0 saturated carbocycles. The van der Waals surface area contributed by atoms with E-state index in [1.807, 2.05) is 0 Å². The zero-order valence-corrected chi connectivity index (χ0v) is 9.26. The SMILES string of the molecule is N#[C][Au-]([C]#N)([C]#N)[C]#N.[Na+]. The molecule has 0 radical (unpaired) electrons. The van der Waals surface area contributed by atoms with E-state index < -0.39 is 17.1 Å². The first-order valence-electron chi connectivity index (χ1n) is 1.50. The summed E-state index contributed by atoms with van der Waals surface area (Å²) in [5.74, 6) is 0. The molecule has 0 aliphatic carbocycles. The Bertz CT molecular complexity index is 210. The molecule has 0 aromatic carbocycles. The molecule has 4 nitrogen and oxygen atoms in total. The minimum Gasteiger partial charge on any atom is 1.00 e. The zero-order chi connectivity index (χ0) is 7.33. The molecule has 0 aromatic heterocycles. The normalized spacial score (nSPS) is 8.40. The molecule has 0 N–H and O–H groups in total. The van der Waals surface area contributed by atoms with Crippen LogP contribution in [0.25, 0.3) is 0 Å². The topological polar surface area (TPSA) is 95.2 Å². The Balaban J connectivity index is 0. The van der Waals surface area contributed by atoms with E-state index in [1.54, 1.807) is 0 Å². The molecule has 6 heteroatoms. The van der Waals surface area contributed by atoms with Gasteiger partial charge in [-0.15, -0.1) is 0 Å². The Labute approximate surface area is 84.1 Å². The minimum absolute atomic E-state index is 0. The van der Waals surface area contributed by atoms with Crippen LogP contribution in [0.1, 0.15) is 0 Å². The van der Waals surface area contributed by atoms with Crippen LogP contribution in [0.3, 0.4) is 0 Å². The first kappa shape index (κ1) is 12.4. The Morgan fingerprint density at radius 2 is 0.900 bits per heavy atom. The minimum atomic E-state index is -3.81. The van der Waals surface area contributed by atoms with Crippen LogP contribution < -0.4 is 29.6 Å². The summed E-state index contributed by atoms with van der Waals surface area (Å²) in [6.45, 7) is 0. The third-order valence-electron chi connectivity index (χ3n) is 0.405. The van der Waals surface area contributed by atoms with Crippen LogP contribution in [0.15, 0.2) is 0 Å². The van der Waals surface area contributed by atoms with Gasteiger partial charge in [0.15, 0.2) is 0 Å². The van der Waals surface area contributed by atoms with Gasteiger partial charge in [-0.05, 0) is 0 Å². The van der Waals surface area contributed by atoms with Crippen molar-refractivity contribution >= 4 is 0 Å². The first-order valence-corrected chi connectivity index (χ1v) is 5.83. The van der Waals surface area contributed by atoms with Crippen molar-refractivity contribution < 1.29 is 46.7 Å². The van der Waals surface area contributed by atoms with Crippen LogP contribution in [0.5, 0.6) is 0 Å². The van der Waals surface area contributed by atoms with Crippen molar-refractivity contribution in [2.45, 2.75) is 0 Å². The van der Waals surface area contributed by atoms with E-state index in [4.69, 9.17) is 21.0 Å². The van der Waals surface area contributed by atoms with E-state index in [2.05, 4.69) is 0 Å². The molecule has 0 saturated heterocycles. The molecule has 0 spiro atoms. The summed E-state index contributed by atoms with van der Waals surface area (Å²) in [4.78, 5) is 0. The number of nitrogens with zero attached hydrogens (tertiary/aromatic N) is 4. The second kappa shape index (κ2) is 5.48. The van der Waals surface area contributed by atoms with Crippen molar-refractivity contribution in [2.75, 3.05) is 0 Å². The van der Waals surface area contributed by atoms with Gasteiger partial charge in [-0.1, -0.05) is 0 Å². The second-order valence-corrected chi connectivity index (χ2v) is 5.91. The van der Waals surface area contributed by atoms with Gasteiger partial charge in [-0.3, -0.25) is 0 Å². The van der Waals surface area contributed by atoms with Crippen LogP contribution in [-0.4, -0.2) is 0 Å². The summed E-state index contributed by atoms with van der Waals surface area (Å²) in [5, 5.41) is 32.5. The van der Waals surface area contributed by atoms with E-state index in [0.29, 0.717) is 0 Å². The van der Waals surface area contributed by atoms with E-state index in [9.17, 15) is 0 Å².